The smallest absolute Gasteiger partial charge is 0.218 e. The lowest BCUT2D eigenvalue weighted by Gasteiger charge is -2.32. The van der Waals surface area contributed by atoms with E-state index in [0.717, 1.165) is 0 Å². The Bertz CT molecular complexity index is 519. The van der Waals surface area contributed by atoms with Crippen molar-refractivity contribution < 1.29 is 12.8 Å². The van der Waals surface area contributed by atoms with Gasteiger partial charge in [0, 0.05) is 25.7 Å². The Balaban J connectivity index is 2.16. The molecule has 0 amide bonds. The van der Waals surface area contributed by atoms with E-state index < -0.39 is 15.8 Å². The molecule has 1 aliphatic heterocycles. The lowest BCUT2D eigenvalue weighted by Crippen LogP contribution is -2.52. The monoisotopic (exact) mass is 272 g/mol. The van der Waals surface area contributed by atoms with Crippen molar-refractivity contribution in [1.29, 1.82) is 0 Å². The van der Waals surface area contributed by atoms with E-state index in [-0.39, 0.29) is 11.8 Å². The fourth-order valence-corrected chi connectivity index (χ4v) is 3.91. The minimum atomic E-state index is -3.38. The second-order valence-corrected chi connectivity index (χ2v) is 6.47. The summed E-state index contributed by atoms with van der Waals surface area (Å²) >= 11 is 0. The molecule has 1 saturated heterocycles. The van der Waals surface area contributed by atoms with Crippen LogP contribution in [0.5, 0.6) is 0 Å². The lowest BCUT2D eigenvalue weighted by atomic mass is 10.2. The van der Waals surface area contributed by atoms with Crippen molar-refractivity contribution in [3.05, 3.63) is 35.6 Å². The number of piperazine rings is 1. The summed E-state index contributed by atoms with van der Waals surface area (Å²) in [5.74, 6) is -0.550. The molecule has 0 bridgehead atoms. The van der Waals surface area contributed by atoms with Crippen LogP contribution >= 0.6 is 0 Å². The van der Waals surface area contributed by atoms with Gasteiger partial charge >= 0.3 is 0 Å². The first-order chi connectivity index (χ1) is 8.49. The maximum Gasteiger partial charge on any atom is 0.218 e. The van der Waals surface area contributed by atoms with E-state index in [1.807, 2.05) is 6.92 Å². The van der Waals surface area contributed by atoms with Crippen LogP contribution < -0.4 is 5.32 Å². The Morgan fingerprint density at radius 2 is 2.28 bits per heavy atom. The van der Waals surface area contributed by atoms with Gasteiger partial charge in [-0.2, -0.15) is 4.31 Å². The zero-order valence-electron chi connectivity index (χ0n) is 10.3. The molecule has 1 aliphatic rings. The molecule has 0 radical (unpaired) electrons. The molecular weight excluding hydrogens is 255 g/mol. The van der Waals surface area contributed by atoms with E-state index in [0.29, 0.717) is 25.2 Å². The molecule has 1 N–H and O–H groups in total. The number of hydrogen-bond acceptors (Lipinski definition) is 3. The van der Waals surface area contributed by atoms with Crippen molar-refractivity contribution >= 4 is 10.0 Å². The number of nitrogens with one attached hydrogen (secondary N) is 1. The highest BCUT2D eigenvalue weighted by atomic mass is 32.2. The van der Waals surface area contributed by atoms with Crippen LogP contribution in [-0.4, -0.2) is 38.4 Å². The van der Waals surface area contributed by atoms with Gasteiger partial charge in [-0.3, -0.25) is 0 Å². The molecule has 18 heavy (non-hydrogen) atoms. The summed E-state index contributed by atoms with van der Waals surface area (Å²) in [4.78, 5) is 0. The summed E-state index contributed by atoms with van der Waals surface area (Å²) in [7, 11) is -3.38. The van der Waals surface area contributed by atoms with Gasteiger partial charge in [-0.15, -0.1) is 0 Å². The zero-order chi connectivity index (χ0) is 13.2. The van der Waals surface area contributed by atoms with Crippen LogP contribution in [0.25, 0.3) is 0 Å². The number of benzene rings is 1. The van der Waals surface area contributed by atoms with Crippen molar-refractivity contribution in [3.8, 4) is 0 Å². The first kappa shape index (κ1) is 13.5. The van der Waals surface area contributed by atoms with Gasteiger partial charge in [-0.25, -0.2) is 12.8 Å². The highest BCUT2D eigenvalue weighted by molar-refractivity contribution is 7.88. The third kappa shape index (κ3) is 3.07. The van der Waals surface area contributed by atoms with Crippen LogP contribution in [0, 0.1) is 5.82 Å². The van der Waals surface area contributed by atoms with E-state index in [9.17, 15) is 12.8 Å². The molecule has 0 spiro atoms. The first-order valence-corrected chi connectivity index (χ1v) is 7.54. The Morgan fingerprint density at radius 1 is 1.50 bits per heavy atom. The maximum atomic E-state index is 13.0. The molecule has 0 unspecified atom stereocenters. The molecule has 1 fully saturated rings. The Labute approximate surface area is 107 Å². The zero-order valence-corrected chi connectivity index (χ0v) is 11.1. The molecule has 1 aromatic carbocycles. The normalized spacial score (nSPS) is 22.0. The quantitative estimate of drug-likeness (QED) is 0.891. The van der Waals surface area contributed by atoms with Crippen molar-refractivity contribution in [2.75, 3.05) is 19.6 Å². The standard InChI is InChI=1S/C12H17FN2O2S/c1-10-8-14-5-6-15(10)18(16,17)9-11-3-2-4-12(13)7-11/h2-4,7,10,14H,5-6,8-9H2,1H3/t10-/m0/s1. The number of sulfonamides is 1. The molecule has 100 valence electrons. The fraction of sp³-hybridized carbons (Fsp3) is 0.500. The molecule has 0 aromatic heterocycles. The number of rotatable bonds is 3. The second kappa shape index (κ2) is 5.34. The summed E-state index contributed by atoms with van der Waals surface area (Å²) in [5.41, 5.74) is 0.487. The first-order valence-electron chi connectivity index (χ1n) is 5.94. The van der Waals surface area contributed by atoms with Crippen LogP contribution in [0.4, 0.5) is 4.39 Å². The summed E-state index contributed by atoms with van der Waals surface area (Å²) in [5, 5.41) is 3.14. The molecule has 1 aromatic rings. The van der Waals surface area contributed by atoms with Crippen LogP contribution in [0.2, 0.25) is 0 Å². The molecule has 4 nitrogen and oxygen atoms in total. The van der Waals surface area contributed by atoms with Gasteiger partial charge in [-0.1, -0.05) is 12.1 Å². The van der Waals surface area contributed by atoms with Gasteiger partial charge in [0.05, 0.1) is 5.75 Å². The number of nitrogens with zero attached hydrogens (tertiary/aromatic N) is 1. The van der Waals surface area contributed by atoms with Gasteiger partial charge < -0.3 is 5.32 Å². The Kier molecular flexibility index (Phi) is 3.99. The van der Waals surface area contributed by atoms with Crippen molar-refractivity contribution in [2.24, 2.45) is 0 Å². The highest BCUT2D eigenvalue weighted by Crippen LogP contribution is 2.15. The maximum absolute atomic E-state index is 13.0. The average Bonchev–Trinajstić information content (AvgIpc) is 2.28. The van der Waals surface area contributed by atoms with Gasteiger partial charge in [0.2, 0.25) is 10.0 Å². The Morgan fingerprint density at radius 3 is 2.94 bits per heavy atom. The summed E-state index contributed by atoms with van der Waals surface area (Å²) in [6.45, 7) is 3.66. The predicted octanol–water partition coefficient (Wildman–Crippen LogP) is 0.949. The number of halogens is 1. The van der Waals surface area contributed by atoms with Crippen LogP contribution in [0.3, 0.4) is 0 Å². The van der Waals surface area contributed by atoms with Crippen molar-refractivity contribution in [3.63, 3.8) is 0 Å². The van der Waals surface area contributed by atoms with E-state index in [2.05, 4.69) is 5.32 Å². The highest BCUT2D eigenvalue weighted by Gasteiger charge is 2.29. The fourth-order valence-electron chi connectivity index (χ4n) is 2.16. The molecule has 0 aliphatic carbocycles. The van der Waals surface area contributed by atoms with Crippen molar-refractivity contribution in [2.45, 2.75) is 18.7 Å². The summed E-state index contributed by atoms with van der Waals surface area (Å²) in [6, 6.07) is 5.68. The molecule has 2 rings (SSSR count). The summed E-state index contributed by atoms with van der Waals surface area (Å²) in [6.07, 6.45) is 0. The van der Waals surface area contributed by atoms with Crippen molar-refractivity contribution in [1.82, 2.24) is 9.62 Å². The van der Waals surface area contributed by atoms with E-state index in [1.54, 1.807) is 6.07 Å². The van der Waals surface area contributed by atoms with Crippen LogP contribution in [-0.2, 0) is 15.8 Å². The van der Waals surface area contributed by atoms with E-state index in [1.165, 1.54) is 22.5 Å². The molecule has 0 saturated carbocycles. The Hall–Kier alpha value is -0.980. The van der Waals surface area contributed by atoms with E-state index in [4.69, 9.17) is 0 Å². The molecule has 1 heterocycles. The molecule has 1 atom stereocenters. The third-order valence-electron chi connectivity index (χ3n) is 3.04. The largest absolute Gasteiger partial charge is 0.314 e. The summed E-state index contributed by atoms with van der Waals surface area (Å²) < 4.78 is 39.0. The number of hydrogen-bond donors (Lipinski definition) is 1. The molecule has 6 heteroatoms. The minimum absolute atomic E-state index is 0.0580. The third-order valence-corrected chi connectivity index (χ3v) is 4.99. The second-order valence-electron chi connectivity index (χ2n) is 4.55. The molecular formula is C12H17FN2O2S. The topological polar surface area (TPSA) is 49.4 Å². The van der Waals surface area contributed by atoms with Gasteiger partial charge in [0.1, 0.15) is 5.82 Å². The lowest BCUT2D eigenvalue weighted by molar-refractivity contribution is 0.283. The minimum Gasteiger partial charge on any atom is -0.314 e. The van der Waals surface area contributed by atoms with Crippen LogP contribution in [0.15, 0.2) is 24.3 Å². The van der Waals surface area contributed by atoms with Gasteiger partial charge in [-0.05, 0) is 24.6 Å². The SMILES string of the molecule is C[C@H]1CNCCN1S(=O)(=O)Cc1cccc(F)c1. The van der Waals surface area contributed by atoms with E-state index >= 15 is 0 Å². The van der Waals surface area contributed by atoms with Gasteiger partial charge in [0.15, 0.2) is 0 Å². The average molecular weight is 272 g/mol. The van der Waals surface area contributed by atoms with Crippen LogP contribution in [0.1, 0.15) is 12.5 Å². The predicted molar refractivity (Wildman–Crippen MR) is 68.1 cm³/mol. The van der Waals surface area contributed by atoms with Gasteiger partial charge in [0.25, 0.3) is 0 Å².